The zero-order chi connectivity index (χ0) is 20.5. The summed E-state index contributed by atoms with van der Waals surface area (Å²) >= 11 is 0. The fraction of sp³-hybridized carbons (Fsp3) is 0.524. The van der Waals surface area contributed by atoms with Crippen LogP contribution in [0.4, 0.5) is 13.2 Å². The van der Waals surface area contributed by atoms with E-state index in [1.807, 2.05) is 6.92 Å². The van der Waals surface area contributed by atoms with Gasteiger partial charge in [-0.2, -0.15) is 13.2 Å². The average Bonchev–Trinajstić information content (AvgIpc) is 2.66. The monoisotopic (exact) mass is 395 g/mol. The highest BCUT2D eigenvalue weighted by atomic mass is 19.4. The number of benzene rings is 1. The van der Waals surface area contributed by atoms with E-state index < -0.39 is 17.7 Å². The summed E-state index contributed by atoms with van der Waals surface area (Å²) in [5, 5.41) is 9.85. The molecule has 0 amide bonds. The molecule has 1 saturated carbocycles. The van der Waals surface area contributed by atoms with Gasteiger partial charge in [-0.05, 0) is 67.7 Å². The number of carboxylic acid groups (broad SMARTS) is 1. The number of fused-ring (bicyclic) bond motifs is 1. The van der Waals surface area contributed by atoms with Crippen LogP contribution in [0.5, 0.6) is 5.75 Å². The summed E-state index contributed by atoms with van der Waals surface area (Å²) in [4.78, 5) is 15.7. The van der Waals surface area contributed by atoms with Gasteiger partial charge in [-0.1, -0.05) is 6.92 Å². The molecule has 1 N–H and O–H groups in total. The number of halogens is 3. The maximum absolute atomic E-state index is 13.3. The second-order valence-electron chi connectivity index (χ2n) is 7.44. The van der Waals surface area contributed by atoms with Crippen molar-refractivity contribution in [3.63, 3.8) is 0 Å². The van der Waals surface area contributed by atoms with Gasteiger partial charge in [-0.15, -0.1) is 0 Å². The van der Waals surface area contributed by atoms with E-state index in [9.17, 15) is 23.1 Å². The number of carboxylic acids is 1. The standard InChI is InChI=1S/C21H24F3NO3/c1-3-15(20(26)27)12-4-6-13(7-5-12)16-8-9-25-19-17(16)10-14(21(22,23)24)11-18(19)28-2/h8-13,15H,3-7H2,1-2H3,(H,26,27). The number of methoxy groups -OCH3 is 1. The molecule has 0 radical (unpaired) electrons. The molecule has 0 spiro atoms. The molecule has 28 heavy (non-hydrogen) atoms. The van der Waals surface area contributed by atoms with Gasteiger partial charge in [0.1, 0.15) is 11.3 Å². The van der Waals surface area contributed by atoms with Gasteiger partial charge < -0.3 is 9.84 Å². The van der Waals surface area contributed by atoms with Crippen LogP contribution in [0, 0.1) is 11.8 Å². The number of carbonyl (C=O) groups is 1. The molecule has 152 valence electrons. The van der Waals surface area contributed by atoms with Crippen molar-refractivity contribution in [2.45, 2.75) is 51.1 Å². The Morgan fingerprint density at radius 2 is 1.96 bits per heavy atom. The number of nitrogens with zero attached hydrogens (tertiary/aromatic N) is 1. The summed E-state index contributed by atoms with van der Waals surface area (Å²) in [6.07, 6.45) is 0.756. The maximum Gasteiger partial charge on any atom is 0.416 e. The zero-order valence-corrected chi connectivity index (χ0v) is 15.9. The van der Waals surface area contributed by atoms with E-state index in [2.05, 4.69) is 4.98 Å². The molecule has 1 aromatic heterocycles. The molecule has 4 nitrogen and oxygen atoms in total. The second kappa shape index (κ2) is 7.97. The van der Waals surface area contributed by atoms with Crippen LogP contribution in [-0.4, -0.2) is 23.2 Å². The van der Waals surface area contributed by atoms with E-state index in [4.69, 9.17) is 4.74 Å². The van der Waals surface area contributed by atoms with Crippen LogP contribution in [0.3, 0.4) is 0 Å². The van der Waals surface area contributed by atoms with Crippen LogP contribution >= 0.6 is 0 Å². The number of pyridine rings is 1. The topological polar surface area (TPSA) is 59.4 Å². The molecular weight excluding hydrogens is 371 g/mol. The molecule has 0 bridgehead atoms. The van der Waals surface area contributed by atoms with Crippen molar-refractivity contribution in [1.82, 2.24) is 4.98 Å². The molecule has 1 fully saturated rings. The van der Waals surface area contributed by atoms with Crippen LogP contribution in [0.25, 0.3) is 10.9 Å². The average molecular weight is 395 g/mol. The lowest BCUT2D eigenvalue weighted by Crippen LogP contribution is -2.26. The molecule has 3 rings (SSSR count). The first-order valence-electron chi connectivity index (χ1n) is 9.52. The molecule has 1 atom stereocenters. The molecule has 1 aliphatic carbocycles. The minimum absolute atomic E-state index is 0.0845. The fourth-order valence-corrected chi connectivity index (χ4v) is 4.46. The van der Waals surface area contributed by atoms with E-state index in [1.54, 1.807) is 12.3 Å². The number of alkyl halides is 3. The Kier molecular flexibility index (Phi) is 5.82. The third-order valence-electron chi connectivity index (χ3n) is 5.93. The molecule has 0 saturated heterocycles. The fourth-order valence-electron chi connectivity index (χ4n) is 4.46. The highest BCUT2D eigenvalue weighted by Crippen LogP contribution is 2.43. The third kappa shape index (κ3) is 3.93. The predicted molar refractivity (Wildman–Crippen MR) is 99.4 cm³/mol. The summed E-state index contributed by atoms with van der Waals surface area (Å²) in [7, 11) is 1.34. The van der Waals surface area contributed by atoms with Crippen LogP contribution in [0.2, 0.25) is 0 Å². The van der Waals surface area contributed by atoms with Gasteiger partial charge in [0.05, 0.1) is 18.6 Å². The van der Waals surface area contributed by atoms with Crippen molar-refractivity contribution in [3.8, 4) is 5.75 Å². The second-order valence-corrected chi connectivity index (χ2v) is 7.44. The zero-order valence-electron chi connectivity index (χ0n) is 15.9. The molecular formula is C21H24F3NO3. The van der Waals surface area contributed by atoms with Gasteiger partial charge in [0.15, 0.2) is 0 Å². The van der Waals surface area contributed by atoms with Crippen molar-refractivity contribution in [2.24, 2.45) is 11.8 Å². The Balaban J connectivity index is 1.95. The molecule has 0 aliphatic heterocycles. The molecule has 7 heteroatoms. The van der Waals surface area contributed by atoms with Crippen molar-refractivity contribution in [1.29, 1.82) is 0 Å². The summed E-state index contributed by atoms with van der Waals surface area (Å²) in [5.74, 6) is -0.808. The Bertz CT molecular complexity index is 858. The number of hydrogen-bond donors (Lipinski definition) is 1. The van der Waals surface area contributed by atoms with Gasteiger partial charge >= 0.3 is 12.1 Å². The van der Waals surface area contributed by atoms with Crippen LogP contribution in [-0.2, 0) is 11.0 Å². The third-order valence-corrected chi connectivity index (χ3v) is 5.93. The minimum atomic E-state index is -4.47. The molecule has 1 aromatic carbocycles. The van der Waals surface area contributed by atoms with Crippen LogP contribution < -0.4 is 4.74 Å². The summed E-state index contributed by atoms with van der Waals surface area (Å²) in [6.45, 7) is 1.88. The number of aromatic nitrogens is 1. The van der Waals surface area contributed by atoms with Crippen LogP contribution in [0.1, 0.15) is 56.1 Å². The normalized spacial score (nSPS) is 21.5. The Hall–Kier alpha value is -2.31. The Morgan fingerprint density at radius 3 is 2.50 bits per heavy atom. The van der Waals surface area contributed by atoms with Gasteiger partial charge in [-0.3, -0.25) is 9.78 Å². The van der Waals surface area contributed by atoms with Gasteiger partial charge in [0.2, 0.25) is 0 Å². The lowest BCUT2D eigenvalue weighted by Gasteiger charge is -2.32. The first kappa shape index (κ1) is 20.4. The largest absolute Gasteiger partial charge is 0.494 e. The molecule has 2 aromatic rings. The van der Waals surface area contributed by atoms with Gasteiger partial charge in [0.25, 0.3) is 0 Å². The molecule has 1 aliphatic rings. The number of ether oxygens (including phenoxy) is 1. The highest BCUT2D eigenvalue weighted by molar-refractivity contribution is 5.88. The van der Waals surface area contributed by atoms with Crippen molar-refractivity contribution in [2.75, 3.05) is 7.11 Å². The van der Waals surface area contributed by atoms with Crippen molar-refractivity contribution in [3.05, 3.63) is 35.5 Å². The number of hydrogen-bond acceptors (Lipinski definition) is 3. The van der Waals surface area contributed by atoms with E-state index >= 15 is 0 Å². The maximum atomic E-state index is 13.3. The van der Waals surface area contributed by atoms with Crippen LogP contribution in [0.15, 0.2) is 24.4 Å². The lowest BCUT2D eigenvalue weighted by molar-refractivity contribution is -0.144. The van der Waals surface area contributed by atoms with E-state index in [0.29, 0.717) is 17.3 Å². The molecule has 1 heterocycles. The lowest BCUT2D eigenvalue weighted by atomic mass is 9.72. The quantitative estimate of drug-likeness (QED) is 0.711. The first-order chi connectivity index (χ1) is 13.3. The van der Waals surface area contributed by atoms with Crippen molar-refractivity contribution < 1.29 is 27.8 Å². The van der Waals surface area contributed by atoms with Gasteiger partial charge in [0, 0.05) is 11.6 Å². The Labute approximate surface area is 161 Å². The van der Waals surface area contributed by atoms with Gasteiger partial charge in [-0.25, -0.2) is 0 Å². The minimum Gasteiger partial charge on any atom is -0.494 e. The predicted octanol–water partition coefficient (Wildman–Crippen LogP) is 5.65. The smallest absolute Gasteiger partial charge is 0.416 e. The summed E-state index contributed by atoms with van der Waals surface area (Å²) < 4.78 is 45.2. The van der Waals surface area contributed by atoms with E-state index in [-0.39, 0.29) is 23.5 Å². The number of rotatable bonds is 5. The SMILES string of the molecule is CCC(C(=O)O)C1CCC(c2ccnc3c(OC)cc(C(F)(F)F)cc23)CC1. The Morgan fingerprint density at radius 1 is 1.29 bits per heavy atom. The summed E-state index contributed by atoms with van der Waals surface area (Å²) in [6, 6.07) is 3.91. The molecule has 1 unspecified atom stereocenters. The van der Waals surface area contributed by atoms with E-state index in [0.717, 1.165) is 43.4 Å². The highest BCUT2D eigenvalue weighted by Gasteiger charge is 2.34. The summed E-state index contributed by atoms with van der Waals surface area (Å²) in [5.41, 5.74) is 0.500. The number of aliphatic carboxylic acids is 1. The van der Waals surface area contributed by atoms with Crippen molar-refractivity contribution >= 4 is 16.9 Å². The van der Waals surface area contributed by atoms with E-state index in [1.165, 1.54) is 7.11 Å². The first-order valence-corrected chi connectivity index (χ1v) is 9.52.